The SMILES string of the molecule is Cc1ccc(C(C)(N)c2ccc(Br)cc2Cl)cn1. The molecule has 0 radical (unpaired) electrons. The van der Waals surface area contributed by atoms with Crippen LogP contribution in [0.4, 0.5) is 0 Å². The van der Waals surface area contributed by atoms with Crippen molar-refractivity contribution in [1.82, 2.24) is 4.98 Å². The molecule has 1 heterocycles. The van der Waals surface area contributed by atoms with Crippen molar-refractivity contribution in [2.24, 2.45) is 5.73 Å². The molecule has 0 aliphatic rings. The minimum absolute atomic E-state index is 0.648. The van der Waals surface area contributed by atoms with Crippen molar-refractivity contribution in [3.63, 3.8) is 0 Å². The van der Waals surface area contributed by atoms with Gasteiger partial charge in [0.05, 0.1) is 5.54 Å². The molecule has 1 aromatic carbocycles. The largest absolute Gasteiger partial charge is 0.318 e. The fraction of sp³-hybridized carbons (Fsp3) is 0.214. The normalized spacial score (nSPS) is 14.3. The van der Waals surface area contributed by atoms with Gasteiger partial charge < -0.3 is 5.73 Å². The summed E-state index contributed by atoms with van der Waals surface area (Å²) < 4.78 is 0.939. The molecular formula is C14H14BrClN2. The van der Waals surface area contributed by atoms with Gasteiger partial charge in [-0.25, -0.2) is 0 Å². The maximum atomic E-state index is 6.42. The van der Waals surface area contributed by atoms with Crippen LogP contribution in [0.15, 0.2) is 41.0 Å². The summed E-state index contributed by atoms with van der Waals surface area (Å²) in [6.45, 7) is 3.89. The third kappa shape index (κ3) is 2.58. The Morgan fingerprint density at radius 2 is 2.00 bits per heavy atom. The second-order valence-electron chi connectivity index (χ2n) is 4.51. The number of benzene rings is 1. The molecule has 2 nitrogen and oxygen atoms in total. The molecule has 0 spiro atoms. The summed E-state index contributed by atoms with van der Waals surface area (Å²) in [5.41, 5.74) is 8.56. The summed E-state index contributed by atoms with van der Waals surface area (Å²) in [6.07, 6.45) is 1.80. The minimum Gasteiger partial charge on any atom is -0.318 e. The van der Waals surface area contributed by atoms with Crippen molar-refractivity contribution in [3.8, 4) is 0 Å². The van der Waals surface area contributed by atoms with Crippen LogP contribution in [0.5, 0.6) is 0 Å². The first kappa shape index (κ1) is 13.5. The third-order valence-corrected chi connectivity index (χ3v) is 3.81. The van der Waals surface area contributed by atoms with Gasteiger partial charge in [-0.05, 0) is 43.2 Å². The highest BCUT2D eigenvalue weighted by molar-refractivity contribution is 9.10. The average molecular weight is 326 g/mol. The van der Waals surface area contributed by atoms with Crippen LogP contribution < -0.4 is 5.73 Å². The predicted octanol–water partition coefficient (Wildman–Crippen LogP) is 4.03. The third-order valence-electron chi connectivity index (χ3n) is 3.00. The van der Waals surface area contributed by atoms with Crippen molar-refractivity contribution in [2.45, 2.75) is 19.4 Å². The maximum absolute atomic E-state index is 6.42. The molecule has 94 valence electrons. The highest BCUT2D eigenvalue weighted by Gasteiger charge is 2.26. The summed E-state index contributed by atoms with van der Waals surface area (Å²) in [5.74, 6) is 0. The molecule has 1 unspecified atom stereocenters. The fourth-order valence-corrected chi connectivity index (χ4v) is 2.71. The van der Waals surface area contributed by atoms with Crippen molar-refractivity contribution < 1.29 is 0 Å². The van der Waals surface area contributed by atoms with E-state index in [1.807, 2.05) is 44.2 Å². The van der Waals surface area contributed by atoms with E-state index in [4.69, 9.17) is 17.3 Å². The molecule has 2 aromatic rings. The molecule has 18 heavy (non-hydrogen) atoms. The number of rotatable bonds is 2. The molecule has 0 saturated heterocycles. The Morgan fingerprint density at radius 3 is 2.56 bits per heavy atom. The van der Waals surface area contributed by atoms with Crippen LogP contribution in [-0.2, 0) is 5.54 Å². The van der Waals surface area contributed by atoms with E-state index >= 15 is 0 Å². The Balaban J connectivity index is 2.50. The van der Waals surface area contributed by atoms with Crippen LogP contribution in [0, 0.1) is 6.92 Å². The molecule has 0 saturated carbocycles. The molecule has 1 aromatic heterocycles. The molecule has 0 aliphatic heterocycles. The Kier molecular flexibility index (Phi) is 3.76. The Labute approximate surface area is 120 Å². The molecule has 0 bridgehead atoms. The Hall–Kier alpha value is -0.900. The number of nitrogens with zero attached hydrogens (tertiary/aromatic N) is 1. The molecule has 2 rings (SSSR count). The van der Waals surface area contributed by atoms with Crippen molar-refractivity contribution in [1.29, 1.82) is 0 Å². The lowest BCUT2D eigenvalue weighted by Crippen LogP contribution is -2.34. The summed E-state index contributed by atoms with van der Waals surface area (Å²) in [6, 6.07) is 9.66. The Morgan fingerprint density at radius 1 is 1.28 bits per heavy atom. The zero-order valence-corrected chi connectivity index (χ0v) is 12.6. The first-order valence-electron chi connectivity index (χ1n) is 5.59. The lowest BCUT2D eigenvalue weighted by atomic mass is 9.86. The summed E-state index contributed by atoms with van der Waals surface area (Å²) in [7, 11) is 0. The van der Waals surface area contributed by atoms with E-state index in [0.29, 0.717) is 5.02 Å². The van der Waals surface area contributed by atoms with Crippen LogP contribution in [0.25, 0.3) is 0 Å². The lowest BCUT2D eigenvalue weighted by molar-refractivity contribution is 0.600. The number of aromatic nitrogens is 1. The van der Waals surface area contributed by atoms with Gasteiger partial charge >= 0.3 is 0 Å². The lowest BCUT2D eigenvalue weighted by Gasteiger charge is -2.26. The van der Waals surface area contributed by atoms with E-state index in [0.717, 1.165) is 21.3 Å². The molecule has 0 aliphatic carbocycles. The van der Waals surface area contributed by atoms with Crippen LogP contribution >= 0.6 is 27.5 Å². The first-order chi connectivity index (χ1) is 8.41. The van der Waals surface area contributed by atoms with E-state index in [1.54, 1.807) is 6.20 Å². The molecule has 4 heteroatoms. The van der Waals surface area contributed by atoms with E-state index in [1.165, 1.54) is 0 Å². The number of aryl methyl sites for hydroxylation is 1. The molecule has 0 fully saturated rings. The fourth-order valence-electron chi connectivity index (χ4n) is 1.84. The predicted molar refractivity (Wildman–Crippen MR) is 78.8 cm³/mol. The standard InChI is InChI=1S/C14H14BrClN2/c1-9-3-4-10(8-18-9)14(2,17)12-6-5-11(15)7-13(12)16/h3-8H,17H2,1-2H3. The number of halogens is 2. The number of pyridine rings is 1. The summed E-state index contributed by atoms with van der Waals surface area (Å²) in [4.78, 5) is 4.29. The van der Waals surface area contributed by atoms with Crippen molar-refractivity contribution in [2.75, 3.05) is 0 Å². The number of hydrogen-bond acceptors (Lipinski definition) is 2. The van der Waals surface area contributed by atoms with E-state index < -0.39 is 5.54 Å². The van der Waals surface area contributed by atoms with E-state index in [9.17, 15) is 0 Å². The molecule has 2 N–H and O–H groups in total. The van der Waals surface area contributed by atoms with Crippen LogP contribution in [0.3, 0.4) is 0 Å². The van der Waals surface area contributed by atoms with Gasteiger partial charge in [0, 0.05) is 21.4 Å². The Bertz CT molecular complexity index is 565. The van der Waals surface area contributed by atoms with Crippen LogP contribution in [0.1, 0.15) is 23.7 Å². The van der Waals surface area contributed by atoms with Gasteiger partial charge in [0.1, 0.15) is 0 Å². The van der Waals surface area contributed by atoms with Crippen LogP contribution in [-0.4, -0.2) is 4.98 Å². The topological polar surface area (TPSA) is 38.9 Å². The van der Waals surface area contributed by atoms with Crippen molar-refractivity contribution >= 4 is 27.5 Å². The van der Waals surface area contributed by atoms with Gasteiger partial charge in [-0.2, -0.15) is 0 Å². The quantitative estimate of drug-likeness (QED) is 0.905. The van der Waals surface area contributed by atoms with Gasteiger partial charge in [-0.1, -0.05) is 39.7 Å². The van der Waals surface area contributed by atoms with Crippen LogP contribution in [0.2, 0.25) is 5.02 Å². The van der Waals surface area contributed by atoms with E-state index in [-0.39, 0.29) is 0 Å². The first-order valence-corrected chi connectivity index (χ1v) is 6.76. The number of hydrogen-bond donors (Lipinski definition) is 1. The monoisotopic (exact) mass is 324 g/mol. The average Bonchev–Trinajstić information content (AvgIpc) is 2.29. The highest BCUT2D eigenvalue weighted by Crippen LogP contribution is 2.33. The van der Waals surface area contributed by atoms with Gasteiger partial charge in [-0.15, -0.1) is 0 Å². The summed E-state index contributed by atoms with van der Waals surface area (Å²) >= 11 is 9.66. The summed E-state index contributed by atoms with van der Waals surface area (Å²) in [5, 5.41) is 0.648. The van der Waals surface area contributed by atoms with Gasteiger partial charge in [0.15, 0.2) is 0 Å². The minimum atomic E-state index is -0.654. The second kappa shape index (κ2) is 5.00. The van der Waals surface area contributed by atoms with Gasteiger partial charge in [-0.3, -0.25) is 4.98 Å². The van der Waals surface area contributed by atoms with Gasteiger partial charge in [0.2, 0.25) is 0 Å². The zero-order valence-electron chi connectivity index (χ0n) is 10.2. The smallest absolute Gasteiger partial charge is 0.0666 e. The van der Waals surface area contributed by atoms with E-state index in [2.05, 4.69) is 20.9 Å². The number of nitrogens with two attached hydrogens (primary N) is 1. The zero-order chi connectivity index (χ0) is 13.3. The van der Waals surface area contributed by atoms with Crippen molar-refractivity contribution in [3.05, 3.63) is 62.8 Å². The highest BCUT2D eigenvalue weighted by atomic mass is 79.9. The molecular weight excluding hydrogens is 312 g/mol. The maximum Gasteiger partial charge on any atom is 0.0666 e. The molecule has 0 amide bonds. The second-order valence-corrected chi connectivity index (χ2v) is 5.84. The van der Waals surface area contributed by atoms with Gasteiger partial charge in [0.25, 0.3) is 0 Å². The molecule has 1 atom stereocenters.